The first-order chi connectivity index (χ1) is 9.54. The Morgan fingerprint density at radius 3 is 2.90 bits per heavy atom. The van der Waals surface area contributed by atoms with E-state index in [0.29, 0.717) is 10.1 Å². The van der Waals surface area contributed by atoms with Crippen molar-refractivity contribution in [2.75, 3.05) is 6.54 Å². The van der Waals surface area contributed by atoms with E-state index in [1.807, 2.05) is 13.0 Å². The molecule has 1 amide bonds. The molecule has 0 spiro atoms. The van der Waals surface area contributed by atoms with E-state index in [0.717, 1.165) is 10.6 Å². The summed E-state index contributed by atoms with van der Waals surface area (Å²) in [6, 6.07) is 7.06. The van der Waals surface area contributed by atoms with E-state index in [1.54, 1.807) is 24.3 Å². The van der Waals surface area contributed by atoms with Gasteiger partial charge >= 0.3 is 0 Å². The third-order valence-electron chi connectivity index (χ3n) is 2.55. The molecule has 1 atom stereocenters. The van der Waals surface area contributed by atoms with Gasteiger partial charge < -0.3 is 14.8 Å². The Labute approximate surface area is 125 Å². The predicted molar refractivity (Wildman–Crippen MR) is 79.8 cm³/mol. The van der Waals surface area contributed by atoms with Crippen LogP contribution < -0.4 is 5.32 Å². The average molecular weight is 312 g/mol. The average Bonchev–Trinajstić information content (AvgIpc) is 3.02. The van der Waals surface area contributed by atoms with Crippen molar-refractivity contribution >= 4 is 34.9 Å². The molecule has 0 saturated carbocycles. The molecular formula is C14H14ClNO3S. The molecule has 0 fully saturated rings. The maximum Gasteiger partial charge on any atom is 0.244 e. The van der Waals surface area contributed by atoms with Crippen molar-refractivity contribution in [1.82, 2.24) is 5.32 Å². The lowest BCUT2D eigenvalue weighted by atomic mass is 10.3. The molecule has 2 rings (SSSR count). The summed E-state index contributed by atoms with van der Waals surface area (Å²) in [5.41, 5.74) is 0. The molecule has 0 aliphatic carbocycles. The topological polar surface area (TPSA) is 62.5 Å². The van der Waals surface area contributed by atoms with Crippen LogP contribution in [0.2, 0.25) is 4.34 Å². The molecule has 2 aromatic heterocycles. The highest BCUT2D eigenvalue weighted by atomic mass is 35.5. The summed E-state index contributed by atoms with van der Waals surface area (Å²) in [5.74, 6) is 1.11. The molecule has 0 bridgehead atoms. The van der Waals surface area contributed by atoms with Crippen molar-refractivity contribution in [3.63, 3.8) is 0 Å². The van der Waals surface area contributed by atoms with E-state index in [4.69, 9.17) is 16.0 Å². The second-order valence-corrected chi connectivity index (χ2v) is 5.93. The summed E-state index contributed by atoms with van der Waals surface area (Å²) in [6.45, 7) is 1.97. The quantitative estimate of drug-likeness (QED) is 0.834. The zero-order valence-electron chi connectivity index (χ0n) is 10.8. The van der Waals surface area contributed by atoms with Crippen LogP contribution >= 0.6 is 22.9 Å². The monoisotopic (exact) mass is 311 g/mol. The Bertz CT molecular complexity index is 617. The van der Waals surface area contributed by atoms with Crippen molar-refractivity contribution in [2.45, 2.75) is 13.0 Å². The Balaban J connectivity index is 1.81. The smallest absolute Gasteiger partial charge is 0.244 e. The fraction of sp³-hybridized carbons (Fsp3) is 0.214. The number of hydrogen-bond donors (Lipinski definition) is 2. The van der Waals surface area contributed by atoms with Gasteiger partial charge in [0.1, 0.15) is 17.6 Å². The van der Waals surface area contributed by atoms with Crippen molar-refractivity contribution in [1.29, 1.82) is 0 Å². The maximum atomic E-state index is 11.6. The van der Waals surface area contributed by atoms with Gasteiger partial charge in [-0.3, -0.25) is 4.79 Å². The minimum atomic E-state index is -0.754. The van der Waals surface area contributed by atoms with Crippen molar-refractivity contribution < 1.29 is 14.3 Å². The highest BCUT2D eigenvalue weighted by Crippen LogP contribution is 2.26. The molecule has 0 aliphatic rings. The minimum absolute atomic E-state index is 0.136. The normalized spacial score (nSPS) is 12.8. The summed E-state index contributed by atoms with van der Waals surface area (Å²) >= 11 is 7.08. The number of aliphatic hydroxyl groups excluding tert-OH is 1. The first-order valence-electron chi connectivity index (χ1n) is 6.00. The number of aliphatic hydroxyl groups is 1. The lowest BCUT2D eigenvalue weighted by molar-refractivity contribution is -0.116. The first kappa shape index (κ1) is 14.8. The molecule has 20 heavy (non-hydrogen) atoms. The molecular weight excluding hydrogens is 298 g/mol. The van der Waals surface area contributed by atoms with E-state index < -0.39 is 6.10 Å². The van der Waals surface area contributed by atoms with Crippen molar-refractivity contribution in [2.24, 2.45) is 0 Å². The highest BCUT2D eigenvalue weighted by Gasteiger charge is 2.10. The third-order valence-corrected chi connectivity index (χ3v) is 3.88. The second-order valence-electron chi connectivity index (χ2n) is 4.18. The molecule has 4 nitrogen and oxygen atoms in total. The number of aryl methyl sites for hydroxylation is 1. The predicted octanol–water partition coefficient (Wildman–Crippen LogP) is 3.17. The molecule has 2 aromatic rings. The van der Waals surface area contributed by atoms with E-state index >= 15 is 0 Å². The van der Waals surface area contributed by atoms with Crippen LogP contribution in [0.1, 0.15) is 22.5 Å². The van der Waals surface area contributed by atoms with Crippen LogP contribution in [0.15, 0.2) is 34.8 Å². The number of halogens is 1. The van der Waals surface area contributed by atoms with Gasteiger partial charge in [-0.25, -0.2) is 0 Å². The van der Waals surface area contributed by atoms with E-state index in [1.165, 1.54) is 17.4 Å². The fourth-order valence-corrected chi connectivity index (χ4v) is 2.61. The SMILES string of the molecule is Cc1ccc(/C=C/C(=O)NCC(O)c2ccc(Cl)s2)o1. The standard InChI is InChI=1S/C14H14ClNO3S/c1-9-2-3-10(19-9)4-7-14(18)16-8-11(17)12-5-6-13(15)20-12/h2-7,11,17H,8H2,1H3,(H,16,18)/b7-4+. The summed E-state index contributed by atoms with van der Waals surface area (Å²) in [5, 5.41) is 12.5. The van der Waals surface area contributed by atoms with Gasteiger partial charge in [-0.2, -0.15) is 0 Å². The van der Waals surface area contributed by atoms with Crippen molar-refractivity contribution in [3.05, 3.63) is 51.1 Å². The van der Waals surface area contributed by atoms with E-state index in [9.17, 15) is 9.90 Å². The molecule has 0 saturated heterocycles. The van der Waals surface area contributed by atoms with E-state index in [2.05, 4.69) is 5.32 Å². The second kappa shape index (κ2) is 6.74. The Morgan fingerprint density at radius 1 is 1.50 bits per heavy atom. The van der Waals surface area contributed by atoms with Crippen molar-refractivity contribution in [3.8, 4) is 0 Å². The molecule has 2 heterocycles. The fourth-order valence-electron chi connectivity index (χ4n) is 1.56. The van der Waals surface area contributed by atoms with Gasteiger partial charge in [-0.05, 0) is 37.3 Å². The largest absolute Gasteiger partial charge is 0.462 e. The van der Waals surface area contributed by atoms with Crippen LogP contribution in [0.25, 0.3) is 6.08 Å². The summed E-state index contributed by atoms with van der Waals surface area (Å²) < 4.78 is 5.91. The number of furan rings is 1. The summed E-state index contributed by atoms with van der Waals surface area (Å²) in [4.78, 5) is 12.3. The zero-order chi connectivity index (χ0) is 14.5. The number of rotatable bonds is 5. The Morgan fingerprint density at radius 2 is 2.30 bits per heavy atom. The molecule has 0 aromatic carbocycles. The number of thiophene rings is 1. The number of hydrogen-bond acceptors (Lipinski definition) is 4. The third kappa shape index (κ3) is 4.23. The summed E-state index contributed by atoms with van der Waals surface area (Å²) in [7, 11) is 0. The lowest BCUT2D eigenvalue weighted by Crippen LogP contribution is -2.26. The van der Waals surface area contributed by atoms with Gasteiger partial charge in [0.25, 0.3) is 0 Å². The van der Waals surface area contributed by atoms with E-state index in [-0.39, 0.29) is 12.5 Å². The van der Waals surface area contributed by atoms with Crippen LogP contribution in [0.4, 0.5) is 0 Å². The molecule has 1 unspecified atom stereocenters. The Kier molecular flexibility index (Phi) is 5.00. The highest BCUT2D eigenvalue weighted by molar-refractivity contribution is 7.16. The molecule has 2 N–H and O–H groups in total. The minimum Gasteiger partial charge on any atom is -0.462 e. The van der Waals surface area contributed by atoms with Gasteiger partial charge in [-0.1, -0.05) is 11.6 Å². The first-order valence-corrected chi connectivity index (χ1v) is 7.19. The van der Waals surface area contributed by atoms with Gasteiger partial charge in [0.15, 0.2) is 0 Å². The molecule has 0 aliphatic heterocycles. The van der Waals surface area contributed by atoms with Gasteiger partial charge in [0, 0.05) is 17.5 Å². The maximum absolute atomic E-state index is 11.6. The van der Waals surface area contributed by atoms with Crippen LogP contribution in [0, 0.1) is 6.92 Å². The van der Waals surface area contributed by atoms with Crippen LogP contribution in [-0.2, 0) is 4.79 Å². The van der Waals surface area contributed by atoms with Crippen LogP contribution in [-0.4, -0.2) is 17.6 Å². The van der Waals surface area contributed by atoms with Crippen LogP contribution in [0.3, 0.4) is 0 Å². The molecule has 6 heteroatoms. The Hall–Kier alpha value is -1.56. The van der Waals surface area contributed by atoms with Crippen LogP contribution in [0.5, 0.6) is 0 Å². The zero-order valence-corrected chi connectivity index (χ0v) is 12.4. The number of carbonyl (C=O) groups is 1. The molecule has 106 valence electrons. The number of carbonyl (C=O) groups excluding carboxylic acids is 1. The number of amides is 1. The summed E-state index contributed by atoms with van der Waals surface area (Å²) in [6.07, 6.45) is 2.19. The van der Waals surface area contributed by atoms with Gasteiger partial charge in [0.05, 0.1) is 4.34 Å². The molecule has 0 radical (unpaired) electrons. The van der Waals surface area contributed by atoms with Gasteiger partial charge in [-0.15, -0.1) is 11.3 Å². The number of nitrogens with one attached hydrogen (secondary N) is 1. The van der Waals surface area contributed by atoms with Gasteiger partial charge in [0.2, 0.25) is 5.91 Å². The lowest BCUT2D eigenvalue weighted by Gasteiger charge is -2.08.